The Bertz CT molecular complexity index is 847. The minimum atomic E-state index is -4.82. The molecule has 5 nitrogen and oxygen atoms in total. The van der Waals surface area contributed by atoms with Crippen molar-refractivity contribution in [3.8, 4) is 5.75 Å². The first kappa shape index (κ1) is 19.0. The summed E-state index contributed by atoms with van der Waals surface area (Å²) in [5.41, 5.74) is 0.293. The summed E-state index contributed by atoms with van der Waals surface area (Å²) in [6.45, 7) is -0.225. The van der Waals surface area contributed by atoms with Crippen LogP contribution in [0.5, 0.6) is 5.75 Å². The Labute approximate surface area is 149 Å². The number of sulfonamides is 1. The van der Waals surface area contributed by atoms with Gasteiger partial charge in [-0.3, -0.25) is 0 Å². The van der Waals surface area contributed by atoms with Crippen LogP contribution in [0.1, 0.15) is 5.56 Å². The summed E-state index contributed by atoms with van der Waals surface area (Å²) < 4.78 is 67.2. The number of hydrogen-bond acceptors (Lipinski definition) is 4. The Morgan fingerprint density at radius 3 is 2.62 bits per heavy atom. The smallest absolute Gasteiger partial charge is 0.406 e. The maximum atomic E-state index is 12.2. The second kappa shape index (κ2) is 7.26. The fourth-order valence-electron chi connectivity index (χ4n) is 1.66. The Morgan fingerprint density at radius 2 is 2.00 bits per heavy atom. The fraction of sp³-hybridized carbons (Fsp3) is 0.154. The zero-order chi connectivity index (χ0) is 18.0. The summed E-state index contributed by atoms with van der Waals surface area (Å²) in [6.07, 6.45) is -3.75. The van der Waals surface area contributed by atoms with Crippen LogP contribution in [0, 0.1) is 0 Å². The molecule has 1 aromatic carbocycles. The Hall–Kier alpha value is -1.36. The van der Waals surface area contributed by atoms with E-state index in [0.29, 0.717) is 10.0 Å². The van der Waals surface area contributed by atoms with Crippen molar-refractivity contribution in [2.45, 2.75) is 17.8 Å². The van der Waals surface area contributed by atoms with Crippen molar-refractivity contribution in [3.05, 3.63) is 51.7 Å². The van der Waals surface area contributed by atoms with Gasteiger partial charge in [0.25, 0.3) is 0 Å². The maximum Gasteiger partial charge on any atom is 0.573 e. The van der Waals surface area contributed by atoms with E-state index >= 15 is 0 Å². The molecular weight excluding hydrogens is 437 g/mol. The van der Waals surface area contributed by atoms with Gasteiger partial charge in [-0.2, -0.15) is 0 Å². The molecule has 0 saturated carbocycles. The summed E-state index contributed by atoms with van der Waals surface area (Å²) in [4.78, 5) is 3.57. The van der Waals surface area contributed by atoms with E-state index in [4.69, 9.17) is 11.6 Å². The van der Waals surface area contributed by atoms with Crippen LogP contribution in [0.3, 0.4) is 0 Å². The molecular formula is C13H9BrClF3N2O3S. The minimum absolute atomic E-state index is 0.103. The Morgan fingerprint density at radius 1 is 1.29 bits per heavy atom. The predicted molar refractivity (Wildman–Crippen MR) is 84.1 cm³/mol. The summed E-state index contributed by atoms with van der Waals surface area (Å²) >= 11 is 8.76. The number of alkyl halides is 3. The lowest BCUT2D eigenvalue weighted by molar-refractivity contribution is -0.274. The molecule has 0 aliphatic heterocycles. The second-order valence-electron chi connectivity index (χ2n) is 4.46. The van der Waals surface area contributed by atoms with E-state index < -0.39 is 22.1 Å². The van der Waals surface area contributed by atoms with Crippen molar-refractivity contribution in [1.29, 1.82) is 0 Å². The van der Waals surface area contributed by atoms with Crippen LogP contribution in [0.2, 0.25) is 5.15 Å². The maximum absolute atomic E-state index is 12.2. The summed E-state index contributed by atoms with van der Waals surface area (Å²) in [5, 5.41) is 0.103. The fourth-order valence-corrected chi connectivity index (χ4v) is 3.26. The molecule has 0 fully saturated rings. The predicted octanol–water partition coefficient (Wildman–Crippen LogP) is 3.87. The molecule has 11 heteroatoms. The van der Waals surface area contributed by atoms with Gasteiger partial charge in [-0.15, -0.1) is 13.2 Å². The van der Waals surface area contributed by atoms with Crippen LogP contribution >= 0.6 is 27.5 Å². The van der Waals surface area contributed by atoms with Crippen LogP contribution in [0.15, 0.2) is 45.9 Å². The van der Waals surface area contributed by atoms with Gasteiger partial charge in [0.2, 0.25) is 10.0 Å². The lowest BCUT2D eigenvalue weighted by Gasteiger charge is -2.11. The molecule has 0 atom stereocenters. The minimum Gasteiger partial charge on any atom is -0.406 e. The lowest BCUT2D eigenvalue weighted by atomic mass is 10.2. The molecule has 0 unspecified atom stereocenters. The average Bonchev–Trinajstić information content (AvgIpc) is 2.47. The Kier molecular flexibility index (Phi) is 5.74. The van der Waals surface area contributed by atoms with Crippen LogP contribution < -0.4 is 9.46 Å². The number of ether oxygens (including phenoxy) is 1. The standard InChI is InChI=1S/C13H9BrClF3N2O3S/c14-11-5-10(7-19-12(11)15)24(21,22)20-6-8-2-1-3-9(4-8)23-13(16,17)18/h1-5,7,20H,6H2. The number of nitrogens with zero attached hydrogens (tertiary/aromatic N) is 1. The lowest BCUT2D eigenvalue weighted by Crippen LogP contribution is -2.23. The molecule has 1 aromatic heterocycles. The van der Waals surface area contributed by atoms with E-state index in [1.54, 1.807) is 0 Å². The topological polar surface area (TPSA) is 68.3 Å². The molecule has 0 radical (unpaired) electrons. The van der Waals surface area contributed by atoms with E-state index in [1.165, 1.54) is 18.2 Å². The van der Waals surface area contributed by atoms with E-state index in [-0.39, 0.29) is 16.6 Å². The highest BCUT2D eigenvalue weighted by Crippen LogP contribution is 2.24. The molecule has 1 N–H and O–H groups in total. The van der Waals surface area contributed by atoms with Crippen molar-refractivity contribution < 1.29 is 26.3 Å². The molecule has 24 heavy (non-hydrogen) atoms. The number of hydrogen-bond donors (Lipinski definition) is 1. The third kappa shape index (κ3) is 5.33. The number of rotatable bonds is 5. The molecule has 0 amide bonds. The second-order valence-corrected chi connectivity index (χ2v) is 7.44. The first-order valence-electron chi connectivity index (χ1n) is 6.22. The van der Waals surface area contributed by atoms with Crippen molar-refractivity contribution in [2.75, 3.05) is 0 Å². The quantitative estimate of drug-likeness (QED) is 0.710. The van der Waals surface area contributed by atoms with Gasteiger partial charge in [-0.25, -0.2) is 18.1 Å². The zero-order valence-corrected chi connectivity index (χ0v) is 14.8. The first-order chi connectivity index (χ1) is 11.1. The van der Waals surface area contributed by atoms with Crippen molar-refractivity contribution in [3.63, 3.8) is 0 Å². The van der Waals surface area contributed by atoms with Gasteiger partial charge in [0, 0.05) is 12.7 Å². The Balaban J connectivity index is 2.12. The highest BCUT2D eigenvalue weighted by atomic mass is 79.9. The van der Waals surface area contributed by atoms with E-state index in [0.717, 1.165) is 18.3 Å². The van der Waals surface area contributed by atoms with Crippen molar-refractivity contribution in [1.82, 2.24) is 9.71 Å². The van der Waals surface area contributed by atoms with Crippen LogP contribution in [-0.2, 0) is 16.6 Å². The van der Waals surface area contributed by atoms with Crippen LogP contribution in [0.25, 0.3) is 0 Å². The van der Waals surface area contributed by atoms with Crippen LogP contribution in [-0.4, -0.2) is 19.8 Å². The van der Waals surface area contributed by atoms with E-state index in [1.807, 2.05) is 0 Å². The molecule has 0 saturated heterocycles. The summed E-state index contributed by atoms with van der Waals surface area (Å²) in [7, 11) is -3.91. The van der Waals surface area contributed by atoms with E-state index in [2.05, 4.69) is 30.4 Å². The monoisotopic (exact) mass is 444 g/mol. The van der Waals surface area contributed by atoms with Gasteiger partial charge >= 0.3 is 6.36 Å². The van der Waals surface area contributed by atoms with Crippen LogP contribution in [0.4, 0.5) is 13.2 Å². The van der Waals surface area contributed by atoms with Gasteiger partial charge in [0.05, 0.1) is 4.47 Å². The molecule has 0 bridgehead atoms. The average molecular weight is 446 g/mol. The van der Waals surface area contributed by atoms with Gasteiger partial charge in [-0.1, -0.05) is 23.7 Å². The molecule has 130 valence electrons. The SMILES string of the molecule is O=S(=O)(NCc1cccc(OC(F)(F)F)c1)c1cnc(Cl)c(Br)c1. The summed E-state index contributed by atoms with van der Waals surface area (Å²) in [6, 6.07) is 6.26. The van der Waals surface area contributed by atoms with Gasteiger partial charge in [0.15, 0.2) is 0 Å². The largest absolute Gasteiger partial charge is 0.573 e. The number of nitrogens with one attached hydrogen (secondary N) is 1. The zero-order valence-electron chi connectivity index (χ0n) is 11.6. The number of halogens is 5. The van der Waals surface area contributed by atoms with Crippen molar-refractivity contribution >= 4 is 37.6 Å². The molecule has 0 spiro atoms. The van der Waals surface area contributed by atoms with E-state index in [9.17, 15) is 21.6 Å². The highest BCUT2D eigenvalue weighted by molar-refractivity contribution is 9.10. The third-order valence-electron chi connectivity index (χ3n) is 2.68. The molecule has 1 heterocycles. The normalized spacial score (nSPS) is 12.2. The van der Waals surface area contributed by atoms with Gasteiger partial charge < -0.3 is 4.74 Å². The molecule has 2 aromatic rings. The molecule has 2 rings (SSSR count). The summed E-state index contributed by atoms with van der Waals surface area (Å²) in [5.74, 6) is -0.435. The van der Waals surface area contributed by atoms with Gasteiger partial charge in [-0.05, 0) is 39.7 Å². The number of pyridine rings is 1. The van der Waals surface area contributed by atoms with Crippen molar-refractivity contribution in [2.24, 2.45) is 0 Å². The number of benzene rings is 1. The number of aromatic nitrogens is 1. The molecule has 0 aliphatic rings. The molecule has 0 aliphatic carbocycles. The third-order valence-corrected chi connectivity index (χ3v) is 5.18. The van der Waals surface area contributed by atoms with Gasteiger partial charge in [0.1, 0.15) is 15.8 Å². The first-order valence-corrected chi connectivity index (χ1v) is 8.88. The highest BCUT2D eigenvalue weighted by Gasteiger charge is 2.31.